The molecule has 2 aromatic heterocycles. The summed E-state index contributed by atoms with van der Waals surface area (Å²) < 4.78 is 6.48. The first-order chi connectivity index (χ1) is 12.0. The predicted molar refractivity (Wildman–Crippen MR) is 101 cm³/mol. The van der Waals surface area contributed by atoms with Crippen LogP contribution in [0.2, 0.25) is 0 Å². The Kier molecular flexibility index (Phi) is 5.30. The van der Waals surface area contributed by atoms with Gasteiger partial charge in [0, 0.05) is 21.9 Å². The van der Waals surface area contributed by atoms with Gasteiger partial charge in [0.2, 0.25) is 0 Å². The first-order valence-electron chi connectivity index (χ1n) is 7.11. The summed E-state index contributed by atoms with van der Waals surface area (Å²) in [5.74, 6) is -0.131. The van der Waals surface area contributed by atoms with Crippen LogP contribution in [0.15, 0.2) is 68.3 Å². The van der Waals surface area contributed by atoms with Crippen molar-refractivity contribution in [2.75, 3.05) is 10.6 Å². The Bertz CT molecular complexity index is 923. The van der Waals surface area contributed by atoms with Crippen LogP contribution >= 0.6 is 31.9 Å². The topological polar surface area (TPSA) is 84.2 Å². The van der Waals surface area contributed by atoms with Gasteiger partial charge >= 0.3 is 0 Å². The maximum Gasteiger partial charge on any atom is 0.291 e. The number of carbonyl (C=O) groups is 2. The highest BCUT2D eigenvalue weighted by molar-refractivity contribution is 9.10. The van der Waals surface area contributed by atoms with E-state index in [9.17, 15) is 9.59 Å². The van der Waals surface area contributed by atoms with Crippen molar-refractivity contribution in [3.05, 3.63) is 75.2 Å². The molecule has 0 radical (unpaired) electrons. The summed E-state index contributed by atoms with van der Waals surface area (Å²) in [7, 11) is 0. The Morgan fingerprint density at radius 2 is 1.80 bits per heavy atom. The summed E-state index contributed by atoms with van der Waals surface area (Å²) in [5, 5.41) is 5.38. The van der Waals surface area contributed by atoms with E-state index in [1.807, 2.05) is 0 Å². The molecule has 0 spiro atoms. The lowest BCUT2D eigenvalue weighted by atomic mass is 10.2. The van der Waals surface area contributed by atoms with Gasteiger partial charge in [0.25, 0.3) is 11.8 Å². The molecular weight excluding hydrogens is 454 g/mol. The highest BCUT2D eigenvalue weighted by Crippen LogP contribution is 2.18. The monoisotopic (exact) mass is 463 g/mol. The van der Waals surface area contributed by atoms with Gasteiger partial charge in [-0.15, -0.1) is 0 Å². The second-order valence-electron chi connectivity index (χ2n) is 4.95. The second-order valence-corrected chi connectivity index (χ2v) is 6.65. The minimum atomic E-state index is -0.405. The quantitative estimate of drug-likeness (QED) is 0.585. The van der Waals surface area contributed by atoms with E-state index >= 15 is 0 Å². The van der Waals surface area contributed by atoms with Crippen LogP contribution in [-0.2, 0) is 0 Å². The largest absolute Gasteiger partial charge is 0.444 e. The molecule has 0 aliphatic heterocycles. The summed E-state index contributed by atoms with van der Waals surface area (Å²) >= 11 is 6.43. The number of furan rings is 1. The third-order valence-electron chi connectivity index (χ3n) is 3.15. The SMILES string of the molecule is O=C(Nc1ccc(Br)cn1)c1cccc(NC(=O)c2ccc(Br)o2)c1. The molecular formula is C17H11Br2N3O3. The maximum atomic E-state index is 12.3. The van der Waals surface area contributed by atoms with Crippen LogP contribution in [-0.4, -0.2) is 16.8 Å². The number of aromatic nitrogens is 1. The summed E-state index contributed by atoms with van der Waals surface area (Å²) in [6.45, 7) is 0. The van der Waals surface area contributed by atoms with Crippen molar-refractivity contribution in [3.63, 3.8) is 0 Å². The summed E-state index contributed by atoms with van der Waals surface area (Å²) in [6.07, 6.45) is 1.59. The zero-order valence-electron chi connectivity index (χ0n) is 12.6. The van der Waals surface area contributed by atoms with E-state index in [0.29, 0.717) is 21.7 Å². The van der Waals surface area contributed by atoms with Crippen LogP contribution in [0.4, 0.5) is 11.5 Å². The Morgan fingerprint density at radius 3 is 2.48 bits per heavy atom. The van der Waals surface area contributed by atoms with Crippen molar-refractivity contribution >= 4 is 55.2 Å². The van der Waals surface area contributed by atoms with Crippen molar-refractivity contribution in [1.82, 2.24) is 4.98 Å². The first kappa shape index (κ1) is 17.4. The molecule has 0 unspecified atom stereocenters. The van der Waals surface area contributed by atoms with Gasteiger partial charge in [-0.3, -0.25) is 9.59 Å². The fourth-order valence-corrected chi connectivity index (χ4v) is 2.55. The number of amides is 2. The van der Waals surface area contributed by atoms with Gasteiger partial charge in [0.05, 0.1) is 0 Å². The number of benzene rings is 1. The number of carbonyl (C=O) groups excluding carboxylic acids is 2. The molecule has 126 valence electrons. The number of hydrogen-bond donors (Lipinski definition) is 2. The van der Waals surface area contributed by atoms with Crippen LogP contribution in [0.25, 0.3) is 0 Å². The Hall–Kier alpha value is -2.45. The summed E-state index contributed by atoms with van der Waals surface area (Å²) in [6, 6.07) is 13.2. The van der Waals surface area contributed by atoms with Crippen LogP contribution in [0, 0.1) is 0 Å². The molecule has 0 atom stereocenters. The Labute approximate surface area is 159 Å². The van der Waals surface area contributed by atoms with Crippen LogP contribution in [0.1, 0.15) is 20.9 Å². The van der Waals surface area contributed by atoms with Gasteiger partial charge in [0.1, 0.15) is 5.82 Å². The Balaban J connectivity index is 1.71. The molecule has 0 saturated carbocycles. The summed E-state index contributed by atoms with van der Waals surface area (Å²) in [4.78, 5) is 28.5. The second kappa shape index (κ2) is 7.62. The molecule has 0 fully saturated rings. The minimum absolute atomic E-state index is 0.167. The molecule has 0 saturated heterocycles. The molecule has 25 heavy (non-hydrogen) atoms. The van der Waals surface area contributed by atoms with E-state index in [-0.39, 0.29) is 11.7 Å². The number of rotatable bonds is 4. The lowest BCUT2D eigenvalue weighted by molar-refractivity contribution is 0.0992. The molecule has 3 rings (SSSR count). The van der Waals surface area contributed by atoms with Gasteiger partial charge in [-0.25, -0.2) is 4.98 Å². The van der Waals surface area contributed by atoms with Crippen molar-refractivity contribution in [2.24, 2.45) is 0 Å². The fourth-order valence-electron chi connectivity index (χ4n) is 2.01. The van der Waals surface area contributed by atoms with Crippen molar-refractivity contribution in [1.29, 1.82) is 0 Å². The fraction of sp³-hybridized carbons (Fsp3) is 0. The average molecular weight is 465 g/mol. The van der Waals surface area contributed by atoms with Gasteiger partial charge in [-0.2, -0.15) is 0 Å². The zero-order valence-corrected chi connectivity index (χ0v) is 15.8. The zero-order chi connectivity index (χ0) is 17.8. The van der Waals surface area contributed by atoms with Crippen molar-refractivity contribution < 1.29 is 14.0 Å². The molecule has 0 aliphatic carbocycles. The highest BCUT2D eigenvalue weighted by atomic mass is 79.9. The van der Waals surface area contributed by atoms with E-state index in [1.54, 1.807) is 54.7 Å². The average Bonchev–Trinajstić information content (AvgIpc) is 3.04. The third kappa shape index (κ3) is 4.55. The highest BCUT2D eigenvalue weighted by Gasteiger charge is 2.12. The third-order valence-corrected chi connectivity index (χ3v) is 4.04. The Morgan fingerprint density at radius 1 is 0.960 bits per heavy atom. The lowest BCUT2D eigenvalue weighted by Gasteiger charge is -2.07. The number of anilines is 2. The van der Waals surface area contributed by atoms with Crippen LogP contribution in [0.3, 0.4) is 0 Å². The first-order valence-corrected chi connectivity index (χ1v) is 8.69. The van der Waals surface area contributed by atoms with E-state index in [4.69, 9.17) is 4.42 Å². The van der Waals surface area contributed by atoms with Crippen LogP contribution < -0.4 is 10.6 Å². The molecule has 2 amide bonds. The van der Waals surface area contributed by atoms with Gasteiger partial charge < -0.3 is 15.1 Å². The molecule has 8 heteroatoms. The van der Waals surface area contributed by atoms with Crippen molar-refractivity contribution in [2.45, 2.75) is 0 Å². The van der Waals surface area contributed by atoms with E-state index in [0.717, 1.165) is 4.47 Å². The van der Waals surface area contributed by atoms with Crippen molar-refractivity contribution in [3.8, 4) is 0 Å². The molecule has 0 aliphatic rings. The normalized spacial score (nSPS) is 10.3. The minimum Gasteiger partial charge on any atom is -0.444 e. The number of hydrogen-bond acceptors (Lipinski definition) is 4. The molecule has 2 heterocycles. The summed E-state index contributed by atoms with van der Waals surface area (Å²) in [5.41, 5.74) is 0.872. The van der Waals surface area contributed by atoms with Gasteiger partial charge in [0.15, 0.2) is 10.4 Å². The van der Waals surface area contributed by atoms with Gasteiger partial charge in [-0.1, -0.05) is 6.07 Å². The number of halogens is 2. The molecule has 2 N–H and O–H groups in total. The molecule has 1 aromatic carbocycles. The van der Waals surface area contributed by atoms with E-state index in [2.05, 4.69) is 47.5 Å². The molecule has 3 aromatic rings. The van der Waals surface area contributed by atoms with Gasteiger partial charge in [-0.05, 0) is 74.3 Å². The van der Waals surface area contributed by atoms with E-state index < -0.39 is 5.91 Å². The number of nitrogens with one attached hydrogen (secondary N) is 2. The molecule has 0 bridgehead atoms. The smallest absolute Gasteiger partial charge is 0.291 e. The number of pyridine rings is 1. The lowest BCUT2D eigenvalue weighted by Crippen LogP contribution is -2.14. The van der Waals surface area contributed by atoms with E-state index in [1.165, 1.54) is 0 Å². The maximum absolute atomic E-state index is 12.3. The predicted octanol–water partition coefficient (Wildman–Crippen LogP) is 4.70. The standard InChI is InChI=1S/C17H11Br2N3O3/c18-11-4-7-15(20-9-11)22-16(23)10-2-1-3-12(8-10)21-17(24)13-5-6-14(19)25-13/h1-9H,(H,21,24)(H,20,22,23). The number of nitrogens with zero attached hydrogens (tertiary/aromatic N) is 1. The molecule has 6 nitrogen and oxygen atoms in total. The van der Waals surface area contributed by atoms with Crippen LogP contribution in [0.5, 0.6) is 0 Å².